The first-order chi connectivity index (χ1) is 10.9. The molecule has 0 bridgehead atoms. The number of hydrogen-bond acceptors (Lipinski definition) is 3. The highest BCUT2D eigenvalue weighted by Gasteiger charge is 2.51. The molecule has 0 aromatic carbocycles. The van der Waals surface area contributed by atoms with Gasteiger partial charge in [0.15, 0.2) is 0 Å². The number of nitrogens with one attached hydrogen (secondary N) is 2. The Bertz CT molecular complexity index is 621. The van der Waals surface area contributed by atoms with E-state index in [0.717, 1.165) is 18.5 Å². The predicted octanol–water partition coefficient (Wildman–Crippen LogP) is 2.16. The van der Waals surface area contributed by atoms with Gasteiger partial charge in [0.1, 0.15) is 5.82 Å². The Labute approximate surface area is 136 Å². The summed E-state index contributed by atoms with van der Waals surface area (Å²) in [5, 5.41) is 5.88. The molecular formula is C17H24N4O2. The number of β-lactam (4-membered cyclic amide) rings is 1. The molecule has 2 saturated heterocycles. The van der Waals surface area contributed by atoms with Crippen molar-refractivity contribution in [2.75, 3.05) is 18.4 Å². The molecule has 0 saturated carbocycles. The van der Waals surface area contributed by atoms with E-state index in [1.165, 1.54) is 0 Å². The second-order valence-electron chi connectivity index (χ2n) is 7.09. The van der Waals surface area contributed by atoms with Crippen LogP contribution in [-0.4, -0.2) is 41.0 Å². The molecule has 6 nitrogen and oxygen atoms in total. The zero-order valence-corrected chi connectivity index (χ0v) is 13.9. The third-order valence-electron chi connectivity index (χ3n) is 5.07. The van der Waals surface area contributed by atoms with Gasteiger partial charge in [0.05, 0.1) is 5.41 Å². The van der Waals surface area contributed by atoms with Gasteiger partial charge in [-0.3, -0.25) is 10.1 Å². The molecule has 2 fully saturated rings. The van der Waals surface area contributed by atoms with Crippen LogP contribution in [0.5, 0.6) is 0 Å². The molecule has 3 heterocycles. The van der Waals surface area contributed by atoms with Crippen molar-refractivity contribution in [2.24, 2.45) is 11.3 Å². The third kappa shape index (κ3) is 3.02. The number of piperidine rings is 1. The van der Waals surface area contributed by atoms with E-state index in [-0.39, 0.29) is 23.4 Å². The highest BCUT2D eigenvalue weighted by atomic mass is 16.2. The monoisotopic (exact) mass is 316 g/mol. The number of pyridine rings is 1. The van der Waals surface area contributed by atoms with Crippen molar-refractivity contribution in [1.29, 1.82) is 0 Å². The number of aromatic nitrogens is 1. The van der Waals surface area contributed by atoms with Crippen LogP contribution in [0.25, 0.3) is 0 Å². The lowest BCUT2D eigenvalue weighted by molar-refractivity contribution is -0.146. The van der Waals surface area contributed by atoms with Crippen molar-refractivity contribution in [2.45, 2.75) is 39.7 Å². The Kier molecular flexibility index (Phi) is 4.00. The summed E-state index contributed by atoms with van der Waals surface area (Å²) in [5.74, 6) is 1.17. The zero-order valence-electron chi connectivity index (χ0n) is 13.9. The van der Waals surface area contributed by atoms with Gasteiger partial charge in [0.25, 0.3) is 0 Å². The summed E-state index contributed by atoms with van der Waals surface area (Å²) in [4.78, 5) is 30.1. The maximum absolute atomic E-state index is 12.3. The molecule has 0 aliphatic carbocycles. The van der Waals surface area contributed by atoms with Crippen molar-refractivity contribution in [3.8, 4) is 0 Å². The molecule has 3 amide bonds. The fourth-order valence-corrected chi connectivity index (χ4v) is 3.52. The number of aryl methyl sites for hydroxylation is 1. The standard InChI is InChI=1S/C17H24N4O2/c1-11-5-4-6-13(18-11)19-16(23)21-9-7-12(8-10-21)14-17(2,3)15(22)20-14/h4-6,12,14H,7-10H2,1-3H3,(H,20,22)(H,18,19,23). The minimum atomic E-state index is -0.277. The molecule has 6 heteroatoms. The lowest BCUT2D eigenvalue weighted by Gasteiger charge is -2.50. The number of carbonyl (C=O) groups is 2. The molecular weight excluding hydrogens is 292 g/mol. The van der Waals surface area contributed by atoms with Gasteiger partial charge in [0.2, 0.25) is 5.91 Å². The van der Waals surface area contributed by atoms with Crippen molar-refractivity contribution in [1.82, 2.24) is 15.2 Å². The van der Waals surface area contributed by atoms with Gasteiger partial charge >= 0.3 is 6.03 Å². The lowest BCUT2D eigenvalue weighted by atomic mass is 9.68. The molecule has 3 rings (SSSR count). The Morgan fingerprint density at radius 3 is 2.61 bits per heavy atom. The van der Waals surface area contributed by atoms with Gasteiger partial charge in [-0.25, -0.2) is 9.78 Å². The molecule has 1 atom stereocenters. The SMILES string of the molecule is Cc1cccc(NC(=O)N2CCC(C3NC(=O)C3(C)C)CC2)n1. The molecule has 0 spiro atoms. The summed E-state index contributed by atoms with van der Waals surface area (Å²) in [5.41, 5.74) is 0.602. The fraction of sp³-hybridized carbons (Fsp3) is 0.588. The zero-order chi connectivity index (χ0) is 16.6. The number of urea groups is 1. The van der Waals surface area contributed by atoms with Crippen LogP contribution < -0.4 is 10.6 Å². The molecule has 2 aliphatic rings. The molecule has 23 heavy (non-hydrogen) atoms. The molecule has 1 unspecified atom stereocenters. The van der Waals surface area contributed by atoms with Crippen molar-refractivity contribution in [3.05, 3.63) is 23.9 Å². The summed E-state index contributed by atoms with van der Waals surface area (Å²) in [7, 11) is 0. The Morgan fingerprint density at radius 1 is 1.35 bits per heavy atom. The number of nitrogens with zero attached hydrogens (tertiary/aromatic N) is 2. The van der Waals surface area contributed by atoms with Gasteiger partial charge in [-0.15, -0.1) is 0 Å². The van der Waals surface area contributed by atoms with Crippen molar-refractivity contribution < 1.29 is 9.59 Å². The summed E-state index contributed by atoms with van der Waals surface area (Å²) < 4.78 is 0. The van der Waals surface area contributed by atoms with E-state index in [1.807, 2.05) is 37.8 Å². The lowest BCUT2D eigenvalue weighted by Crippen LogP contribution is -2.68. The van der Waals surface area contributed by atoms with E-state index < -0.39 is 0 Å². The summed E-state index contributed by atoms with van der Waals surface area (Å²) >= 11 is 0. The molecule has 2 N–H and O–H groups in total. The van der Waals surface area contributed by atoms with E-state index in [9.17, 15) is 9.59 Å². The number of carbonyl (C=O) groups excluding carboxylic acids is 2. The molecule has 1 aromatic rings. The normalized spacial score (nSPS) is 23.9. The van der Waals surface area contributed by atoms with E-state index in [1.54, 1.807) is 6.07 Å². The average molecular weight is 316 g/mol. The van der Waals surface area contributed by atoms with Crippen molar-refractivity contribution in [3.63, 3.8) is 0 Å². The van der Waals surface area contributed by atoms with Crippen LogP contribution in [0.1, 0.15) is 32.4 Å². The van der Waals surface area contributed by atoms with Crippen LogP contribution in [0.3, 0.4) is 0 Å². The van der Waals surface area contributed by atoms with Crippen LogP contribution in [0.4, 0.5) is 10.6 Å². The number of anilines is 1. The van der Waals surface area contributed by atoms with Gasteiger partial charge in [-0.05, 0) is 51.7 Å². The Morgan fingerprint density at radius 2 is 2.04 bits per heavy atom. The number of amides is 3. The molecule has 1 aromatic heterocycles. The maximum atomic E-state index is 12.3. The second kappa shape index (κ2) is 5.83. The first-order valence-electron chi connectivity index (χ1n) is 8.18. The quantitative estimate of drug-likeness (QED) is 0.821. The molecule has 0 radical (unpaired) electrons. The summed E-state index contributed by atoms with van der Waals surface area (Å²) in [6.07, 6.45) is 1.84. The molecule has 2 aliphatic heterocycles. The number of rotatable bonds is 2. The van der Waals surface area contributed by atoms with Crippen LogP contribution in [-0.2, 0) is 4.79 Å². The fourth-order valence-electron chi connectivity index (χ4n) is 3.52. The second-order valence-corrected chi connectivity index (χ2v) is 7.09. The van der Waals surface area contributed by atoms with Crippen LogP contribution in [0, 0.1) is 18.3 Å². The van der Waals surface area contributed by atoms with E-state index >= 15 is 0 Å². The van der Waals surface area contributed by atoms with Crippen LogP contribution in [0.2, 0.25) is 0 Å². The third-order valence-corrected chi connectivity index (χ3v) is 5.07. The first-order valence-corrected chi connectivity index (χ1v) is 8.18. The predicted molar refractivity (Wildman–Crippen MR) is 88.0 cm³/mol. The smallest absolute Gasteiger partial charge is 0.323 e. The Balaban J connectivity index is 1.53. The van der Waals surface area contributed by atoms with Gasteiger partial charge in [-0.2, -0.15) is 0 Å². The van der Waals surface area contributed by atoms with Gasteiger partial charge in [0, 0.05) is 24.8 Å². The minimum Gasteiger partial charge on any atom is -0.351 e. The topological polar surface area (TPSA) is 74.3 Å². The van der Waals surface area contributed by atoms with Crippen molar-refractivity contribution >= 4 is 17.8 Å². The van der Waals surface area contributed by atoms with E-state index in [0.29, 0.717) is 24.8 Å². The van der Waals surface area contributed by atoms with Gasteiger partial charge in [-0.1, -0.05) is 6.07 Å². The first kappa shape index (κ1) is 15.8. The molecule has 124 valence electrons. The highest BCUT2D eigenvalue weighted by molar-refractivity contribution is 5.89. The number of hydrogen-bond donors (Lipinski definition) is 2. The maximum Gasteiger partial charge on any atom is 0.323 e. The van der Waals surface area contributed by atoms with E-state index in [2.05, 4.69) is 15.6 Å². The average Bonchev–Trinajstić information content (AvgIpc) is 2.52. The van der Waals surface area contributed by atoms with Gasteiger partial charge < -0.3 is 10.2 Å². The number of likely N-dealkylation sites (tertiary alicyclic amines) is 1. The largest absolute Gasteiger partial charge is 0.351 e. The minimum absolute atomic E-state index is 0.0987. The van der Waals surface area contributed by atoms with E-state index in [4.69, 9.17) is 0 Å². The summed E-state index contributed by atoms with van der Waals surface area (Å²) in [6, 6.07) is 5.71. The van der Waals surface area contributed by atoms with Crippen LogP contribution >= 0.6 is 0 Å². The highest BCUT2D eigenvalue weighted by Crippen LogP contribution is 2.38. The Hall–Kier alpha value is -2.11. The van der Waals surface area contributed by atoms with Crippen LogP contribution in [0.15, 0.2) is 18.2 Å². The summed E-state index contributed by atoms with van der Waals surface area (Å²) in [6.45, 7) is 7.32.